The number of benzene rings is 2. The molecule has 2 aromatic carbocycles. The highest BCUT2D eigenvalue weighted by molar-refractivity contribution is 6.33. The highest BCUT2D eigenvalue weighted by atomic mass is 35.5. The van der Waals surface area contributed by atoms with Crippen molar-refractivity contribution < 1.29 is 14.3 Å². The highest BCUT2D eigenvalue weighted by Crippen LogP contribution is 2.31. The van der Waals surface area contributed by atoms with Gasteiger partial charge in [-0.1, -0.05) is 48.0 Å². The zero-order valence-corrected chi connectivity index (χ0v) is 15.7. The Hall–Kier alpha value is -2.79. The molecular formula is C21H21ClN2O3. The Morgan fingerprint density at radius 1 is 0.889 bits per heavy atom. The van der Waals surface area contributed by atoms with E-state index < -0.39 is 11.8 Å². The summed E-state index contributed by atoms with van der Waals surface area (Å²) in [5.41, 5.74) is 1.13. The van der Waals surface area contributed by atoms with Crippen molar-refractivity contribution >= 4 is 34.8 Å². The summed E-state index contributed by atoms with van der Waals surface area (Å²) in [4.78, 5) is 25.7. The molecule has 2 unspecified atom stereocenters. The van der Waals surface area contributed by atoms with Gasteiger partial charge in [-0.2, -0.15) is 0 Å². The fourth-order valence-corrected chi connectivity index (χ4v) is 3.34. The number of hydrogen-bond acceptors (Lipinski definition) is 3. The first-order valence-corrected chi connectivity index (χ1v) is 9.12. The van der Waals surface area contributed by atoms with Crippen molar-refractivity contribution in [2.24, 2.45) is 11.8 Å². The predicted molar refractivity (Wildman–Crippen MR) is 107 cm³/mol. The molecule has 2 aromatic rings. The number of carbonyl (C=O) groups excluding carboxylic acids is 2. The number of methoxy groups -OCH3 is 1. The third kappa shape index (κ3) is 4.49. The smallest absolute Gasteiger partial charge is 0.228 e. The quantitative estimate of drug-likeness (QED) is 0.745. The zero-order chi connectivity index (χ0) is 19.2. The van der Waals surface area contributed by atoms with Crippen molar-refractivity contribution in [3.63, 3.8) is 0 Å². The normalized spacial score (nSPS) is 18.6. The summed E-state index contributed by atoms with van der Waals surface area (Å²) in [6, 6.07) is 14.2. The van der Waals surface area contributed by atoms with Crippen LogP contribution in [0.1, 0.15) is 12.8 Å². The second kappa shape index (κ2) is 8.73. The molecule has 3 rings (SSSR count). The van der Waals surface area contributed by atoms with Crippen LogP contribution in [0.2, 0.25) is 5.02 Å². The Labute approximate surface area is 163 Å². The summed E-state index contributed by atoms with van der Waals surface area (Å²) >= 11 is 6.13. The minimum absolute atomic E-state index is 0.205. The molecule has 0 saturated heterocycles. The van der Waals surface area contributed by atoms with E-state index in [0.717, 1.165) is 0 Å². The molecule has 0 aromatic heterocycles. The number of ether oxygens (including phenoxy) is 1. The Morgan fingerprint density at radius 2 is 1.41 bits per heavy atom. The maximum absolute atomic E-state index is 12.9. The second-order valence-electron chi connectivity index (χ2n) is 6.31. The molecule has 2 N–H and O–H groups in total. The van der Waals surface area contributed by atoms with Gasteiger partial charge < -0.3 is 15.4 Å². The molecular weight excluding hydrogens is 364 g/mol. The summed E-state index contributed by atoms with van der Waals surface area (Å²) in [7, 11) is 1.55. The number of allylic oxidation sites excluding steroid dienone is 2. The van der Waals surface area contributed by atoms with Crippen molar-refractivity contribution in [1.82, 2.24) is 0 Å². The van der Waals surface area contributed by atoms with Crippen molar-refractivity contribution in [3.8, 4) is 5.75 Å². The molecule has 0 aliphatic heterocycles. The lowest BCUT2D eigenvalue weighted by molar-refractivity contribution is -0.129. The van der Waals surface area contributed by atoms with Gasteiger partial charge in [-0.05, 0) is 37.1 Å². The van der Waals surface area contributed by atoms with Crippen molar-refractivity contribution in [1.29, 1.82) is 0 Å². The second-order valence-corrected chi connectivity index (χ2v) is 6.72. The van der Waals surface area contributed by atoms with E-state index in [1.165, 1.54) is 0 Å². The van der Waals surface area contributed by atoms with Crippen LogP contribution >= 0.6 is 11.6 Å². The van der Waals surface area contributed by atoms with Gasteiger partial charge in [0.2, 0.25) is 11.8 Å². The largest absolute Gasteiger partial charge is 0.495 e. The Kier molecular flexibility index (Phi) is 6.14. The van der Waals surface area contributed by atoms with E-state index in [0.29, 0.717) is 35.0 Å². The molecule has 0 fully saturated rings. The van der Waals surface area contributed by atoms with Crippen LogP contribution in [0.15, 0.2) is 60.7 Å². The van der Waals surface area contributed by atoms with Gasteiger partial charge in [0.25, 0.3) is 0 Å². The molecule has 0 heterocycles. The van der Waals surface area contributed by atoms with E-state index in [1.807, 2.05) is 24.3 Å². The summed E-state index contributed by atoms with van der Waals surface area (Å²) < 4.78 is 5.28. The maximum Gasteiger partial charge on any atom is 0.228 e. The first kappa shape index (κ1) is 19.0. The van der Waals surface area contributed by atoms with Gasteiger partial charge in [-0.3, -0.25) is 9.59 Å². The maximum atomic E-state index is 12.9. The van der Waals surface area contributed by atoms with Gasteiger partial charge in [0.15, 0.2) is 0 Å². The SMILES string of the molecule is COc1ccccc1NC(=O)C1CC=CCC1C(=O)Nc1ccccc1Cl. The number of rotatable bonds is 5. The minimum Gasteiger partial charge on any atom is -0.495 e. The fraction of sp³-hybridized carbons (Fsp3) is 0.238. The van der Waals surface area contributed by atoms with E-state index in [9.17, 15) is 9.59 Å². The van der Waals surface area contributed by atoms with Crippen LogP contribution in [0.25, 0.3) is 0 Å². The third-order valence-corrected chi connectivity index (χ3v) is 4.93. The number of nitrogens with one attached hydrogen (secondary N) is 2. The summed E-state index contributed by atoms with van der Waals surface area (Å²) in [6.45, 7) is 0. The van der Waals surface area contributed by atoms with E-state index in [-0.39, 0.29) is 11.8 Å². The number of anilines is 2. The van der Waals surface area contributed by atoms with Crippen LogP contribution < -0.4 is 15.4 Å². The van der Waals surface area contributed by atoms with Gasteiger partial charge in [0.1, 0.15) is 5.75 Å². The molecule has 0 saturated carbocycles. The monoisotopic (exact) mass is 384 g/mol. The predicted octanol–water partition coefficient (Wildman–Crippen LogP) is 4.51. The average molecular weight is 385 g/mol. The summed E-state index contributed by atoms with van der Waals surface area (Å²) in [5.74, 6) is -0.784. The van der Waals surface area contributed by atoms with Crippen molar-refractivity contribution in [2.75, 3.05) is 17.7 Å². The van der Waals surface area contributed by atoms with Gasteiger partial charge >= 0.3 is 0 Å². The molecule has 140 valence electrons. The minimum atomic E-state index is -0.471. The molecule has 2 atom stereocenters. The van der Waals surface area contributed by atoms with Crippen LogP contribution in [0, 0.1) is 11.8 Å². The molecule has 0 radical (unpaired) electrons. The first-order chi connectivity index (χ1) is 13.1. The Morgan fingerprint density at radius 3 is 2.00 bits per heavy atom. The highest BCUT2D eigenvalue weighted by Gasteiger charge is 2.34. The van der Waals surface area contributed by atoms with Gasteiger partial charge in [-0.25, -0.2) is 0 Å². The van der Waals surface area contributed by atoms with E-state index in [1.54, 1.807) is 43.5 Å². The number of amides is 2. The van der Waals surface area contributed by atoms with E-state index in [2.05, 4.69) is 10.6 Å². The molecule has 6 heteroatoms. The zero-order valence-electron chi connectivity index (χ0n) is 14.9. The summed E-state index contributed by atoms with van der Waals surface area (Å²) in [6.07, 6.45) is 4.87. The lowest BCUT2D eigenvalue weighted by Gasteiger charge is -2.27. The topological polar surface area (TPSA) is 67.4 Å². The van der Waals surface area contributed by atoms with Crippen LogP contribution in [0.4, 0.5) is 11.4 Å². The molecule has 1 aliphatic carbocycles. The average Bonchev–Trinajstić information content (AvgIpc) is 2.70. The fourth-order valence-electron chi connectivity index (χ4n) is 3.16. The third-order valence-electron chi connectivity index (χ3n) is 4.60. The molecule has 0 bridgehead atoms. The van der Waals surface area contributed by atoms with Gasteiger partial charge in [0, 0.05) is 0 Å². The van der Waals surface area contributed by atoms with Crippen LogP contribution in [0.3, 0.4) is 0 Å². The first-order valence-electron chi connectivity index (χ1n) is 8.74. The number of carbonyl (C=O) groups is 2. The molecule has 27 heavy (non-hydrogen) atoms. The van der Waals surface area contributed by atoms with Crippen LogP contribution in [-0.4, -0.2) is 18.9 Å². The van der Waals surface area contributed by atoms with Crippen molar-refractivity contribution in [2.45, 2.75) is 12.8 Å². The molecule has 0 spiro atoms. The van der Waals surface area contributed by atoms with Crippen LogP contribution in [-0.2, 0) is 9.59 Å². The lowest BCUT2D eigenvalue weighted by atomic mass is 9.81. The van der Waals surface area contributed by atoms with E-state index in [4.69, 9.17) is 16.3 Å². The summed E-state index contributed by atoms with van der Waals surface area (Å²) in [5, 5.41) is 6.19. The Bertz CT molecular complexity index is 866. The van der Waals surface area contributed by atoms with E-state index >= 15 is 0 Å². The molecule has 5 nitrogen and oxygen atoms in total. The molecule has 2 amide bonds. The van der Waals surface area contributed by atoms with Crippen LogP contribution in [0.5, 0.6) is 5.75 Å². The standard InChI is InChI=1S/C21H21ClN2O3/c1-27-19-13-7-6-12-18(19)24-21(26)15-9-3-2-8-14(15)20(25)23-17-11-5-4-10-16(17)22/h2-7,10-15H,8-9H2,1H3,(H,23,25)(H,24,26). The molecule has 1 aliphatic rings. The Balaban J connectivity index is 1.75. The lowest BCUT2D eigenvalue weighted by Crippen LogP contribution is -2.37. The van der Waals surface area contributed by atoms with Gasteiger partial charge in [0.05, 0.1) is 35.3 Å². The number of hydrogen-bond donors (Lipinski definition) is 2. The van der Waals surface area contributed by atoms with Gasteiger partial charge in [-0.15, -0.1) is 0 Å². The number of para-hydroxylation sites is 3. The number of halogens is 1. The van der Waals surface area contributed by atoms with Crippen molar-refractivity contribution in [3.05, 3.63) is 65.7 Å².